The molecule has 84 valence electrons. The van der Waals surface area contributed by atoms with Crippen molar-refractivity contribution in [3.63, 3.8) is 0 Å². The number of hydrogen-bond donors (Lipinski definition) is 1. The third-order valence-corrected chi connectivity index (χ3v) is 3.32. The van der Waals surface area contributed by atoms with Crippen LogP contribution in [0.4, 0.5) is 11.5 Å². The molecule has 0 bridgehead atoms. The summed E-state index contributed by atoms with van der Waals surface area (Å²) >= 11 is 1.79. The second kappa shape index (κ2) is 5.21. The van der Waals surface area contributed by atoms with Crippen LogP contribution in [0.1, 0.15) is 0 Å². The number of pyridine rings is 1. The molecule has 16 heavy (non-hydrogen) atoms. The highest BCUT2D eigenvalue weighted by Gasteiger charge is 2.20. The van der Waals surface area contributed by atoms with Crippen LogP contribution in [0.5, 0.6) is 0 Å². The molecule has 0 radical (unpaired) electrons. The minimum Gasteiger partial charge on any atom is -1.00 e. The summed E-state index contributed by atoms with van der Waals surface area (Å²) in [5.41, 5.74) is 1.17. The third kappa shape index (κ3) is 2.14. The van der Waals surface area contributed by atoms with Gasteiger partial charge in [-0.1, -0.05) is 23.9 Å². The highest BCUT2D eigenvalue weighted by atomic mass is 35.5. The summed E-state index contributed by atoms with van der Waals surface area (Å²) in [6, 6.07) is 12.4. The Kier molecular flexibility index (Phi) is 4.18. The Morgan fingerprint density at radius 3 is 2.62 bits per heavy atom. The highest BCUT2D eigenvalue weighted by Crippen LogP contribution is 2.41. The number of benzene rings is 1. The zero-order valence-electron chi connectivity index (χ0n) is 8.33. The molecule has 0 saturated heterocycles. The smallest absolute Gasteiger partial charge is 0.291 e. The van der Waals surface area contributed by atoms with Gasteiger partial charge >= 0.3 is 0 Å². The minimum absolute atomic E-state index is 0. The predicted octanol–water partition coefficient (Wildman–Crippen LogP) is -1.11. The van der Waals surface area contributed by atoms with Crippen molar-refractivity contribution in [3.05, 3.63) is 42.6 Å². The first-order valence-electron chi connectivity index (χ1n) is 4.48. The largest absolute Gasteiger partial charge is 1.00 e. The van der Waals surface area contributed by atoms with E-state index in [1.165, 1.54) is 15.5 Å². The lowest BCUT2D eigenvalue weighted by atomic mass is 10.3. The SMILES string of the molecule is O.[Cl-].c1ccc2c(c1)Nc1[nH+]cccc1S2. The van der Waals surface area contributed by atoms with Crippen LogP contribution in [-0.4, -0.2) is 5.48 Å². The fourth-order valence-electron chi connectivity index (χ4n) is 1.52. The second-order valence-electron chi connectivity index (χ2n) is 3.13. The van der Waals surface area contributed by atoms with Crippen LogP contribution in [0, 0.1) is 0 Å². The van der Waals surface area contributed by atoms with E-state index in [1.807, 2.05) is 18.3 Å². The van der Waals surface area contributed by atoms with Gasteiger partial charge in [0.05, 0.1) is 11.1 Å². The molecular weight excluding hydrogens is 244 g/mol. The third-order valence-electron chi connectivity index (χ3n) is 2.18. The van der Waals surface area contributed by atoms with Gasteiger partial charge < -0.3 is 17.9 Å². The van der Waals surface area contributed by atoms with Crippen molar-refractivity contribution in [2.24, 2.45) is 0 Å². The van der Waals surface area contributed by atoms with Gasteiger partial charge in [-0.15, -0.1) is 0 Å². The quantitative estimate of drug-likeness (QED) is 0.553. The Morgan fingerprint density at radius 1 is 1.00 bits per heavy atom. The van der Waals surface area contributed by atoms with Crippen molar-refractivity contribution in [1.29, 1.82) is 0 Å². The molecule has 2 heterocycles. The Balaban J connectivity index is 0.000000640. The van der Waals surface area contributed by atoms with E-state index >= 15 is 0 Å². The number of anilines is 2. The van der Waals surface area contributed by atoms with Gasteiger partial charge in [0.15, 0.2) is 0 Å². The fraction of sp³-hybridized carbons (Fsp3) is 0. The molecule has 2 aromatic rings. The molecule has 5 heteroatoms. The number of rotatable bonds is 0. The van der Waals surface area contributed by atoms with Crippen LogP contribution >= 0.6 is 11.8 Å². The molecule has 0 atom stereocenters. The Labute approximate surface area is 104 Å². The molecule has 1 aliphatic rings. The van der Waals surface area contributed by atoms with E-state index < -0.39 is 0 Å². The number of fused-ring (bicyclic) bond motifs is 2. The monoisotopic (exact) mass is 254 g/mol. The summed E-state index contributed by atoms with van der Waals surface area (Å²) in [7, 11) is 0. The van der Waals surface area contributed by atoms with E-state index in [9.17, 15) is 0 Å². The molecule has 0 spiro atoms. The highest BCUT2D eigenvalue weighted by molar-refractivity contribution is 7.99. The number of aromatic amines is 1. The maximum absolute atomic E-state index is 3.36. The average molecular weight is 255 g/mol. The minimum atomic E-state index is 0. The van der Waals surface area contributed by atoms with Crippen molar-refractivity contribution in [1.82, 2.24) is 0 Å². The molecule has 4 N–H and O–H groups in total. The molecule has 1 aromatic heterocycles. The number of nitrogens with one attached hydrogen (secondary N) is 2. The maximum atomic E-state index is 3.36. The van der Waals surface area contributed by atoms with E-state index in [4.69, 9.17) is 0 Å². The Bertz CT molecular complexity index is 405. The van der Waals surface area contributed by atoms with Crippen molar-refractivity contribution in [2.75, 3.05) is 5.32 Å². The van der Waals surface area contributed by atoms with Crippen LogP contribution in [0.25, 0.3) is 0 Å². The number of hydrogen-bond acceptors (Lipinski definition) is 2. The molecule has 0 unspecified atom stereocenters. The molecule has 0 saturated carbocycles. The summed E-state index contributed by atoms with van der Waals surface area (Å²) in [4.78, 5) is 5.72. The summed E-state index contributed by atoms with van der Waals surface area (Å²) < 4.78 is 0. The van der Waals surface area contributed by atoms with Gasteiger partial charge in [-0.3, -0.25) is 0 Å². The molecule has 1 aliphatic heterocycles. The number of para-hydroxylation sites is 1. The van der Waals surface area contributed by atoms with Crippen LogP contribution < -0.4 is 22.7 Å². The van der Waals surface area contributed by atoms with Gasteiger partial charge in [-0.05, 0) is 24.3 Å². The lowest BCUT2D eigenvalue weighted by Crippen LogP contribution is -3.00. The van der Waals surface area contributed by atoms with Crippen LogP contribution in [-0.2, 0) is 0 Å². The van der Waals surface area contributed by atoms with Gasteiger partial charge in [-0.2, -0.15) is 0 Å². The standard InChI is InChI=1S/C11H8N2S.ClH.H2O/c1-2-5-9-8(4-1)13-11-10(14-9)6-3-7-12-11;;/h1-7H,(H,12,13);1H;1H2. The zero-order valence-corrected chi connectivity index (χ0v) is 9.90. The van der Waals surface area contributed by atoms with E-state index in [-0.39, 0.29) is 17.9 Å². The number of H-pyrrole nitrogens is 1. The van der Waals surface area contributed by atoms with Gasteiger partial charge in [0.1, 0.15) is 10.6 Å². The first-order valence-corrected chi connectivity index (χ1v) is 5.30. The first kappa shape index (κ1) is 12.8. The summed E-state index contributed by atoms with van der Waals surface area (Å²) in [6.45, 7) is 0. The lowest BCUT2D eigenvalue weighted by molar-refractivity contribution is -0.363. The van der Waals surface area contributed by atoms with Crippen LogP contribution in [0.15, 0.2) is 52.4 Å². The van der Waals surface area contributed by atoms with Crippen LogP contribution in [0.3, 0.4) is 0 Å². The van der Waals surface area contributed by atoms with E-state index in [1.54, 1.807) is 11.8 Å². The van der Waals surface area contributed by atoms with Gasteiger partial charge in [0.25, 0.3) is 5.82 Å². The summed E-state index contributed by atoms with van der Waals surface area (Å²) in [5, 5.41) is 3.36. The van der Waals surface area contributed by atoms with Crippen molar-refractivity contribution < 1.29 is 22.9 Å². The molecule has 0 aliphatic carbocycles. The van der Waals surface area contributed by atoms with Crippen LogP contribution in [0.2, 0.25) is 0 Å². The summed E-state index contributed by atoms with van der Waals surface area (Å²) in [6.07, 6.45) is 1.93. The van der Waals surface area contributed by atoms with Gasteiger partial charge in [0.2, 0.25) is 0 Å². The Morgan fingerprint density at radius 2 is 1.75 bits per heavy atom. The number of aromatic nitrogens is 1. The summed E-state index contributed by atoms with van der Waals surface area (Å²) in [5.74, 6) is 1.08. The van der Waals surface area contributed by atoms with E-state index in [0.29, 0.717) is 0 Å². The molecule has 1 aromatic carbocycles. The predicted molar refractivity (Wildman–Crippen MR) is 60.5 cm³/mol. The topological polar surface area (TPSA) is 57.7 Å². The molecule has 0 amide bonds. The number of halogens is 1. The zero-order chi connectivity index (χ0) is 9.38. The van der Waals surface area contributed by atoms with Crippen molar-refractivity contribution >= 4 is 23.3 Å². The molecular formula is C11H11ClN2OS. The maximum Gasteiger partial charge on any atom is 0.291 e. The molecule has 3 nitrogen and oxygen atoms in total. The molecule has 0 fully saturated rings. The average Bonchev–Trinajstić information content (AvgIpc) is 2.26. The van der Waals surface area contributed by atoms with Crippen molar-refractivity contribution in [2.45, 2.75) is 9.79 Å². The first-order chi connectivity index (χ1) is 6.93. The fourth-order valence-corrected chi connectivity index (χ4v) is 2.49. The van der Waals surface area contributed by atoms with E-state index in [2.05, 4.69) is 34.6 Å². The van der Waals surface area contributed by atoms with Crippen molar-refractivity contribution in [3.8, 4) is 0 Å². The van der Waals surface area contributed by atoms with E-state index in [0.717, 1.165) is 5.82 Å². The van der Waals surface area contributed by atoms with Gasteiger partial charge in [-0.25, -0.2) is 10.3 Å². The lowest BCUT2D eigenvalue weighted by Gasteiger charge is -2.12. The Hall–Kier alpha value is -1.23. The van der Waals surface area contributed by atoms with Gasteiger partial charge in [0, 0.05) is 0 Å². The normalized spacial score (nSPS) is 11.0. The second-order valence-corrected chi connectivity index (χ2v) is 4.22. The molecule has 3 rings (SSSR count).